The molecule has 0 saturated carbocycles. The Morgan fingerprint density at radius 3 is 2.27 bits per heavy atom. The van der Waals surface area contributed by atoms with E-state index in [9.17, 15) is 0 Å². The topological polar surface area (TPSA) is 29.3 Å². The highest BCUT2D eigenvalue weighted by atomic mass is 15.1. The van der Waals surface area contributed by atoms with Crippen LogP contribution in [0.25, 0.3) is 0 Å². The fourth-order valence-electron chi connectivity index (χ4n) is 2.34. The van der Waals surface area contributed by atoms with Gasteiger partial charge in [0.1, 0.15) is 0 Å². The summed E-state index contributed by atoms with van der Waals surface area (Å²) in [6, 6.07) is 0. The van der Waals surface area contributed by atoms with Crippen LogP contribution < -0.4 is 5.73 Å². The van der Waals surface area contributed by atoms with Gasteiger partial charge < -0.3 is 5.73 Å². The first-order valence-electron chi connectivity index (χ1n) is 6.02. The molecule has 0 aliphatic carbocycles. The van der Waals surface area contributed by atoms with Gasteiger partial charge in [0, 0.05) is 13.1 Å². The highest BCUT2D eigenvalue weighted by Gasteiger charge is 2.28. The van der Waals surface area contributed by atoms with E-state index in [1.54, 1.807) is 0 Å². The van der Waals surface area contributed by atoms with Crippen molar-refractivity contribution >= 4 is 0 Å². The van der Waals surface area contributed by atoms with Crippen molar-refractivity contribution in [1.29, 1.82) is 0 Å². The minimum absolute atomic E-state index is 0.469. The van der Waals surface area contributed by atoms with Crippen LogP contribution in [0.5, 0.6) is 0 Å². The molecule has 0 aromatic heterocycles. The molecule has 0 bridgehead atoms. The number of likely N-dealkylation sites (tertiary alicyclic amines) is 1. The van der Waals surface area contributed by atoms with Crippen molar-refractivity contribution in [3.8, 4) is 0 Å². The molecular weight excluding hydrogens is 184 g/mol. The van der Waals surface area contributed by atoms with E-state index in [1.807, 2.05) is 0 Å². The molecule has 1 aliphatic rings. The van der Waals surface area contributed by atoms with Crippen LogP contribution in [-0.2, 0) is 0 Å². The maximum atomic E-state index is 5.56. The first kappa shape index (κ1) is 12.7. The van der Waals surface area contributed by atoms with Gasteiger partial charge in [0.2, 0.25) is 0 Å². The molecule has 0 radical (unpaired) electrons. The van der Waals surface area contributed by atoms with Crippen molar-refractivity contribution in [2.24, 2.45) is 17.1 Å². The molecule has 1 saturated heterocycles. The number of piperidine rings is 1. The third-order valence-electron chi connectivity index (χ3n) is 3.55. The minimum Gasteiger partial charge on any atom is -0.327 e. The van der Waals surface area contributed by atoms with Crippen molar-refractivity contribution < 1.29 is 0 Å². The number of hydrogen-bond donors (Lipinski definition) is 1. The van der Waals surface area contributed by atoms with Crippen LogP contribution in [0.4, 0.5) is 0 Å². The van der Waals surface area contributed by atoms with Gasteiger partial charge in [-0.1, -0.05) is 27.4 Å². The van der Waals surface area contributed by atoms with Gasteiger partial charge in [-0.05, 0) is 42.8 Å². The SMILES string of the molecule is C=C(CN)CN1CCC(C(C)(C)C)CC1. The minimum atomic E-state index is 0.469. The average molecular weight is 210 g/mol. The molecule has 0 amide bonds. The second-order valence-corrected chi connectivity index (χ2v) is 5.87. The first-order chi connectivity index (χ1) is 6.93. The summed E-state index contributed by atoms with van der Waals surface area (Å²) in [5, 5.41) is 0. The van der Waals surface area contributed by atoms with Crippen LogP contribution in [0.15, 0.2) is 12.2 Å². The Morgan fingerprint density at radius 1 is 1.33 bits per heavy atom. The predicted octanol–water partition coefficient (Wildman–Crippen LogP) is 2.26. The van der Waals surface area contributed by atoms with Gasteiger partial charge in [-0.25, -0.2) is 0 Å². The van der Waals surface area contributed by atoms with E-state index in [-0.39, 0.29) is 0 Å². The van der Waals surface area contributed by atoms with Crippen molar-refractivity contribution in [3.63, 3.8) is 0 Å². The zero-order valence-corrected chi connectivity index (χ0v) is 10.6. The van der Waals surface area contributed by atoms with Crippen molar-refractivity contribution in [1.82, 2.24) is 4.90 Å². The lowest BCUT2D eigenvalue weighted by atomic mass is 9.75. The maximum absolute atomic E-state index is 5.56. The van der Waals surface area contributed by atoms with E-state index >= 15 is 0 Å². The first-order valence-corrected chi connectivity index (χ1v) is 6.02. The lowest BCUT2D eigenvalue weighted by Crippen LogP contribution is -2.39. The molecular formula is C13H26N2. The van der Waals surface area contributed by atoms with Gasteiger partial charge in [-0.15, -0.1) is 0 Å². The average Bonchev–Trinajstić information content (AvgIpc) is 2.17. The van der Waals surface area contributed by atoms with Gasteiger partial charge >= 0.3 is 0 Å². The zero-order chi connectivity index (χ0) is 11.5. The van der Waals surface area contributed by atoms with Crippen molar-refractivity contribution in [2.75, 3.05) is 26.2 Å². The maximum Gasteiger partial charge on any atom is 0.0202 e. The highest BCUT2D eigenvalue weighted by Crippen LogP contribution is 2.34. The zero-order valence-electron chi connectivity index (χ0n) is 10.6. The summed E-state index contributed by atoms with van der Waals surface area (Å²) in [6.07, 6.45) is 2.64. The third kappa shape index (κ3) is 3.96. The lowest BCUT2D eigenvalue weighted by molar-refractivity contribution is 0.118. The predicted molar refractivity (Wildman–Crippen MR) is 66.8 cm³/mol. The second-order valence-electron chi connectivity index (χ2n) is 5.87. The number of nitrogens with zero attached hydrogens (tertiary/aromatic N) is 1. The van der Waals surface area contributed by atoms with Crippen molar-refractivity contribution in [2.45, 2.75) is 33.6 Å². The van der Waals surface area contributed by atoms with Gasteiger partial charge in [0.15, 0.2) is 0 Å². The van der Waals surface area contributed by atoms with Crippen LogP contribution in [0.2, 0.25) is 0 Å². The quantitative estimate of drug-likeness (QED) is 0.724. The smallest absolute Gasteiger partial charge is 0.0202 e. The molecule has 15 heavy (non-hydrogen) atoms. The van der Waals surface area contributed by atoms with Gasteiger partial charge in [0.25, 0.3) is 0 Å². The Labute approximate surface area is 94.5 Å². The standard InChI is InChI=1S/C13H26N2/c1-11(9-14)10-15-7-5-12(6-8-15)13(2,3)4/h12H,1,5-10,14H2,2-4H3. The van der Waals surface area contributed by atoms with E-state index in [0.717, 1.165) is 18.0 Å². The molecule has 2 nitrogen and oxygen atoms in total. The highest BCUT2D eigenvalue weighted by molar-refractivity contribution is 4.99. The van der Waals surface area contributed by atoms with Crippen LogP contribution in [-0.4, -0.2) is 31.1 Å². The van der Waals surface area contributed by atoms with E-state index in [1.165, 1.54) is 25.9 Å². The van der Waals surface area contributed by atoms with E-state index in [0.29, 0.717) is 12.0 Å². The Hall–Kier alpha value is -0.340. The second kappa shape index (κ2) is 5.13. The molecule has 1 rings (SSSR count). The van der Waals surface area contributed by atoms with Crippen LogP contribution in [0.3, 0.4) is 0 Å². The summed E-state index contributed by atoms with van der Waals surface area (Å²) in [7, 11) is 0. The number of rotatable bonds is 3. The van der Waals surface area contributed by atoms with Crippen LogP contribution >= 0.6 is 0 Å². The third-order valence-corrected chi connectivity index (χ3v) is 3.55. The summed E-state index contributed by atoms with van der Waals surface area (Å²) < 4.78 is 0. The summed E-state index contributed by atoms with van der Waals surface area (Å²) in [5.74, 6) is 0.875. The monoisotopic (exact) mass is 210 g/mol. The number of nitrogens with two attached hydrogens (primary N) is 1. The van der Waals surface area contributed by atoms with Crippen molar-refractivity contribution in [3.05, 3.63) is 12.2 Å². The van der Waals surface area contributed by atoms with E-state index in [2.05, 4.69) is 32.3 Å². The lowest BCUT2D eigenvalue weighted by Gasteiger charge is -2.38. The molecule has 0 spiro atoms. The summed E-state index contributed by atoms with van der Waals surface area (Å²) in [6.45, 7) is 15.1. The fourth-order valence-corrected chi connectivity index (χ4v) is 2.34. The summed E-state index contributed by atoms with van der Waals surface area (Å²) in [5.41, 5.74) is 7.19. The molecule has 0 atom stereocenters. The van der Waals surface area contributed by atoms with Crippen LogP contribution in [0, 0.1) is 11.3 Å². The molecule has 1 fully saturated rings. The molecule has 0 aromatic carbocycles. The number of hydrogen-bond acceptors (Lipinski definition) is 2. The van der Waals surface area contributed by atoms with Gasteiger partial charge in [0.05, 0.1) is 0 Å². The van der Waals surface area contributed by atoms with E-state index < -0.39 is 0 Å². The Balaban J connectivity index is 2.33. The molecule has 88 valence electrons. The molecule has 0 aromatic rings. The summed E-state index contributed by atoms with van der Waals surface area (Å²) >= 11 is 0. The molecule has 1 heterocycles. The largest absolute Gasteiger partial charge is 0.327 e. The Bertz CT molecular complexity index is 207. The van der Waals surface area contributed by atoms with Crippen LogP contribution in [0.1, 0.15) is 33.6 Å². The molecule has 2 heteroatoms. The Kier molecular flexibility index (Phi) is 4.35. The normalized spacial score (nSPS) is 20.5. The summed E-state index contributed by atoms with van der Waals surface area (Å²) in [4.78, 5) is 2.48. The Morgan fingerprint density at radius 2 is 1.87 bits per heavy atom. The molecule has 0 unspecified atom stereocenters. The fraction of sp³-hybridized carbons (Fsp3) is 0.846. The van der Waals surface area contributed by atoms with Gasteiger partial charge in [-0.3, -0.25) is 4.90 Å². The molecule has 1 aliphatic heterocycles. The van der Waals surface area contributed by atoms with Gasteiger partial charge in [-0.2, -0.15) is 0 Å². The molecule has 2 N–H and O–H groups in total. The van der Waals surface area contributed by atoms with E-state index in [4.69, 9.17) is 5.73 Å².